The number of hydrogen-bond acceptors (Lipinski definition) is 5. The minimum Gasteiger partial charge on any atom is -0.491 e. The highest BCUT2D eigenvalue weighted by Gasteiger charge is 2.11. The van der Waals surface area contributed by atoms with E-state index < -0.39 is 5.91 Å². The van der Waals surface area contributed by atoms with Gasteiger partial charge in [0.2, 0.25) is 5.91 Å². The number of thiocarbonyl (C=S) groups is 1. The van der Waals surface area contributed by atoms with Crippen LogP contribution in [-0.4, -0.2) is 36.7 Å². The van der Waals surface area contributed by atoms with Crippen molar-refractivity contribution in [1.82, 2.24) is 16.2 Å². The third-order valence-corrected chi connectivity index (χ3v) is 4.77. The van der Waals surface area contributed by atoms with Gasteiger partial charge < -0.3 is 9.47 Å². The number of carbonyl (C=O) groups is 2. The Bertz CT molecular complexity index is 1100. The van der Waals surface area contributed by atoms with Crippen LogP contribution in [0.4, 0.5) is 0 Å². The fraction of sp³-hybridized carbons (Fsp3) is 0.208. The molecule has 0 aliphatic heterocycles. The molecule has 0 fully saturated rings. The number of amides is 2. The van der Waals surface area contributed by atoms with Crippen molar-refractivity contribution < 1.29 is 19.1 Å². The molecule has 0 bridgehead atoms. The second-order valence-corrected chi connectivity index (χ2v) is 7.25. The smallest absolute Gasteiger partial charge is 0.257 e. The number of nitrogens with one attached hydrogen (secondary N) is 3. The van der Waals surface area contributed by atoms with Crippen molar-refractivity contribution >= 4 is 39.9 Å². The number of rotatable bonds is 8. The lowest BCUT2D eigenvalue weighted by Gasteiger charge is -2.12. The zero-order chi connectivity index (χ0) is 22.8. The summed E-state index contributed by atoms with van der Waals surface area (Å²) in [6.45, 7) is 3.39. The first kappa shape index (κ1) is 23.2. The van der Waals surface area contributed by atoms with Gasteiger partial charge in [0.25, 0.3) is 5.91 Å². The fourth-order valence-corrected chi connectivity index (χ4v) is 3.23. The molecule has 0 saturated carbocycles. The van der Waals surface area contributed by atoms with E-state index >= 15 is 0 Å². The molecule has 3 aromatic carbocycles. The van der Waals surface area contributed by atoms with E-state index in [0.29, 0.717) is 31.1 Å². The van der Waals surface area contributed by atoms with Crippen molar-refractivity contribution in [2.24, 2.45) is 0 Å². The Hall–Kier alpha value is -3.49. The molecular weight excluding hydrogens is 426 g/mol. The topological polar surface area (TPSA) is 88.7 Å². The van der Waals surface area contributed by atoms with Crippen LogP contribution in [-0.2, 0) is 16.0 Å². The van der Waals surface area contributed by atoms with Gasteiger partial charge in [-0.2, -0.15) is 0 Å². The van der Waals surface area contributed by atoms with Crippen LogP contribution in [0.5, 0.6) is 5.75 Å². The first-order valence-electron chi connectivity index (χ1n) is 10.2. The van der Waals surface area contributed by atoms with Crippen LogP contribution in [0.1, 0.15) is 22.8 Å². The molecule has 0 unspecified atom stereocenters. The predicted molar refractivity (Wildman–Crippen MR) is 127 cm³/mol. The van der Waals surface area contributed by atoms with Crippen LogP contribution < -0.4 is 20.9 Å². The molecule has 0 radical (unpaired) electrons. The van der Waals surface area contributed by atoms with Crippen LogP contribution in [0.3, 0.4) is 0 Å². The van der Waals surface area contributed by atoms with Crippen molar-refractivity contribution in [3.8, 4) is 5.75 Å². The van der Waals surface area contributed by atoms with Crippen LogP contribution in [0.25, 0.3) is 10.8 Å². The maximum atomic E-state index is 12.4. The summed E-state index contributed by atoms with van der Waals surface area (Å²) in [5.74, 6) is -0.136. The van der Waals surface area contributed by atoms with E-state index in [-0.39, 0.29) is 17.4 Å². The molecule has 0 saturated heterocycles. The standard InChI is InChI=1S/C24H25N3O4S/c1-2-30-13-14-31-20-11-6-10-19(15-20)23(29)25-24(32)27-26-22(28)16-18-9-5-8-17-7-3-4-12-21(17)18/h3-12,15H,2,13-14,16H2,1H3,(H,26,28)(H2,25,27,29,32). The fourth-order valence-electron chi connectivity index (χ4n) is 3.09. The molecule has 32 heavy (non-hydrogen) atoms. The molecular formula is C24H25N3O4S. The molecule has 3 aromatic rings. The summed E-state index contributed by atoms with van der Waals surface area (Å²) >= 11 is 5.12. The van der Waals surface area contributed by atoms with Gasteiger partial charge in [0, 0.05) is 12.2 Å². The van der Waals surface area contributed by atoms with E-state index in [0.717, 1.165) is 16.3 Å². The first-order valence-corrected chi connectivity index (χ1v) is 10.6. The molecule has 0 aliphatic rings. The Balaban J connectivity index is 1.48. The second kappa shape index (κ2) is 11.8. The number of hydrazine groups is 1. The Kier molecular flexibility index (Phi) is 8.53. The Morgan fingerprint density at radius 3 is 2.56 bits per heavy atom. The number of ether oxygens (including phenoxy) is 2. The highest BCUT2D eigenvalue weighted by molar-refractivity contribution is 7.80. The monoisotopic (exact) mass is 451 g/mol. The average molecular weight is 452 g/mol. The van der Waals surface area contributed by atoms with Crippen molar-refractivity contribution in [1.29, 1.82) is 0 Å². The second-order valence-electron chi connectivity index (χ2n) is 6.84. The van der Waals surface area contributed by atoms with Gasteiger partial charge >= 0.3 is 0 Å². The highest BCUT2D eigenvalue weighted by atomic mass is 32.1. The average Bonchev–Trinajstić information content (AvgIpc) is 2.81. The summed E-state index contributed by atoms with van der Waals surface area (Å²) in [7, 11) is 0. The molecule has 0 atom stereocenters. The quantitative estimate of drug-likeness (QED) is 0.277. The third-order valence-electron chi connectivity index (χ3n) is 4.57. The molecule has 0 aliphatic carbocycles. The molecule has 2 amide bonds. The lowest BCUT2D eigenvalue weighted by Crippen LogP contribution is -2.48. The third kappa shape index (κ3) is 6.76. The number of hydrogen-bond donors (Lipinski definition) is 3. The molecule has 8 heteroatoms. The van der Waals surface area contributed by atoms with Gasteiger partial charge in [0.15, 0.2) is 5.11 Å². The van der Waals surface area contributed by atoms with Gasteiger partial charge in [-0.3, -0.25) is 25.8 Å². The minimum absolute atomic E-state index is 0.0102. The SMILES string of the molecule is CCOCCOc1cccc(C(=O)NC(=S)NNC(=O)Cc2cccc3ccccc23)c1. The number of fused-ring (bicyclic) bond motifs is 1. The van der Waals surface area contributed by atoms with Gasteiger partial charge in [-0.1, -0.05) is 48.5 Å². The molecule has 0 aromatic heterocycles. The summed E-state index contributed by atoms with van der Waals surface area (Å²) in [6.07, 6.45) is 0.173. The first-order chi connectivity index (χ1) is 15.6. The van der Waals surface area contributed by atoms with Gasteiger partial charge in [-0.15, -0.1) is 0 Å². The van der Waals surface area contributed by atoms with Crippen LogP contribution in [0, 0.1) is 0 Å². The van der Waals surface area contributed by atoms with Gasteiger partial charge in [0.05, 0.1) is 13.0 Å². The van der Waals surface area contributed by atoms with Crippen molar-refractivity contribution in [2.45, 2.75) is 13.3 Å². The van der Waals surface area contributed by atoms with Crippen molar-refractivity contribution in [3.05, 3.63) is 77.9 Å². The highest BCUT2D eigenvalue weighted by Crippen LogP contribution is 2.18. The summed E-state index contributed by atoms with van der Waals surface area (Å²) < 4.78 is 10.8. The summed E-state index contributed by atoms with van der Waals surface area (Å²) in [5, 5.41) is 4.61. The predicted octanol–water partition coefficient (Wildman–Crippen LogP) is 3.13. The van der Waals surface area contributed by atoms with Gasteiger partial charge in [-0.05, 0) is 53.7 Å². The lowest BCUT2D eigenvalue weighted by molar-refractivity contribution is -0.121. The van der Waals surface area contributed by atoms with E-state index in [4.69, 9.17) is 21.7 Å². The summed E-state index contributed by atoms with van der Waals surface area (Å²) in [6, 6.07) is 20.4. The Morgan fingerprint density at radius 1 is 0.938 bits per heavy atom. The zero-order valence-electron chi connectivity index (χ0n) is 17.7. The Labute approximate surface area is 192 Å². The minimum atomic E-state index is -0.416. The summed E-state index contributed by atoms with van der Waals surface area (Å²) in [4.78, 5) is 24.8. The van der Waals surface area contributed by atoms with Gasteiger partial charge in [0.1, 0.15) is 12.4 Å². The molecule has 0 heterocycles. The number of carbonyl (C=O) groups excluding carboxylic acids is 2. The maximum absolute atomic E-state index is 12.4. The molecule has 0 spiro atoms. The molecule has 3 N–H and O–H groups in total. The zero-order valence-corrected chi connectivity index (χ0v) is 18.5. The van der Waals surface area contributed by atoms with E-state index in [2.05, 4.69) is 16.2 Å². The van der Waals surface area contributed by atoms with E-state index in [1.165, 1.54) is 0 Å². The van der Waals surface area contributed by atoms with E-state index in [9.17, 15) is 9.59 Å². The van der Waals surface area contributed by atoms with Crippen LogP contribution >= 0.6 is 12.2 Å². The van der Waals surface area contributed by atoms with E-state index in [1.807, 2.05) is 49.4 Å². The largest absolute Gasteiger partial charge is 0.491 e. The van der Waals surface area contributed by atoms with Crippen molar-refractivity contribution in [3.63, 3.8) is 0 Å². The number of benzene rings is 3. The van der Waals surface area contributed by atoms with Crippen molar-refractivity contribution in [2.75, 3.05) is 19.8 Å². The normalized spacial score (nSPS) is 10.4. The Morgan fingerprint density at radius 2 is 1.72 bits per heavy atom. The molecule has 3 rings (SSSR count). The van der Waals surface area contributed by atoms with E-state index in [1.54, 1.807) is 24.3 Å². The van der Waals surface area contributed by atoms with Crippen LogP contribution in [0.2, 0.25) is 0 Å². The summed E-state index contributed by atoms with van der Waals surface area (Å²) in [5.41, 5.74) is 6.37. The van der Waals surface area contributed by atoms with Gasteiger partial charge in [-0.25, -0.2) is 0 Å². The molecule has 166 valence electrons. The molecule has 7 nitrogen and oxygen atoms in total. The lowest BCUT2D eigenvalue weighted by atomic mass is 10.0. The maximum Gasteiger partial charge on any atom is 0.257 e. The van der Waals surface area contributed by atoms with Crippen LogP contribution in [0.15, 0.2) is 66.7 Å².